The van der Waals surface area contributed by atoms with E-state index in [0.717, 1.165) is 17.9 Å². The van der Waals surface area contributed by atoms with Crippen LogP contribution in [0.15, 0.2) is 46.9 Å². The molecule has 168 valence electrons. The highest BCUT2D eigenvalue weighted by Crippen LogP contribution is 2.26. The summed E-state index contributed by atoms with van der Waals surface area (Å²) >= 11 is 8.68. The summed E-state index contributed by atoms with van der Waals surface area (Å²) in [6.07, 6.45) is 4.69. The molecule has 0 atom stereocenters. The van der Waals surface area contributed by atoms with Crippen molar-refractivity contribution < 1.29 is 19.0 Å². The van der Waals surface area contributed by atoms with Crippen LogP contribution in [-0.4, -0.2) is 38.0 Å². The molecule has 0 radical (unpaired) electrons. The second-order valence-corrected chi connectivity index (χ2v) is 8.09. The molecule has 0 unspecified atom stereocenters. The number of carbonyl (C=O) groups is 1. The first-order valence-corrected chi connectivity index (χ1v) is 11.5. The van der Waals surface area contributed by atoms with Crippen molar-refractivity contribution >= 4 is 44.9 Å². The number of halogens is 1. The van der Waals surface area contributed by atoms with Gasteiger partial charge < -0.3 is 19.5 Å². The number of thiocarbonyl (C=S) groups is 1. The van der Waals surface area contributed by atoms with Crippen LogP contribution in [0.4, 0.5) is 5.69 Å². The Balaban J connectivity index is 1.81. The predicted octanol–water partition coefficient (Wildman–Crippen LogP) is 5.56. The largest absolute Gasteiger partial charge is 0.494 e. The number of benzene rings is 2. The lowest BCUT2D eigenvalue weighted by Gasteiger charge is -2.12. The predicted molar refractivity (Wildman–Crippen MR) is 131 cm³/mol. The van der Waals surface area contributed by atoms with Gasteiger partial charge in [0.05, 0.1) is 17.7 Å². The maximum absolute atomic E-state index is 12.5. The van der Waals surface area contributed by atoms with Gasteiger partial charge >= 0.3 is 0 Å². The lowest BCUT2D eigenvalue weighted by Crippen LogP contribution is -2.34. The lowest BCUT2D eigenvalue weighted by atomic mass is 10.2. The molecule has 6 nitrogen and oxygen atoms in total. The molecule has 2 aromatic rings. The Labute approximate surface area is 197 Å². The molecule has 0 fully saturated rings. The van der Waals surface area contributed by atoms with Gasteiger partial charge in [-0.3, -0.25) is 10.1 Å². The van der Waals surface area contributed by atoms with Gasteiger partial charge in [0.2, 0.25) is 0 Å². The molecular formula is C23H29BrN2O4S. The molecule has 0 heterocycles. The highest BCUT2D eigenvalue weighted by Gasteiger charge is 2.11. The minimum absolute atomic E-state index is 0.217. The van der Waals surface area contributed by atoms with Gasteiger partial charge in [0.1, 0.15) is 18.1 Å². The molecule has 8 heteroatoms. The number of hydrogen-bond donors (Lipinski definition) is 2. The van der Waals surface area contributed by atoms with Crippen LogP contribution in [0, 0.1) is 0 Å². The standard InChI is InChI=1S/C23H29BrN2O4S/c1-3-4-5-6-13-29-19-10-8-18(9-11-19)25-23(31)26-22(27)17-7-12-21(20(24)16-17)30-15-14-28-2/h7-12,16H,3-6,13-15H2,1-2H3,(H2,25,26,27,31). The van der Waals surface area contributed by atoms with Crippen LogP contribution < -0.4 is 20.1 Å². The summed E-state index contributed by atoms with van der Waals surface area (Å²) in [5.74, 6) is 1.14. The molecule has 0 aromatic heterocycles. The molecular weight excluding hydrogens is 480 g/mol. The van der Waals surface area contributed by atoms with Crippen molar-refractivity contribution in [2.24, 2.45) is 0 Å². The number of nitrogens with one attached hydrogen (secondary N) is 2. The zero-order valence-corrected chi connectivity index (χ0v) is 20.3. The molecule has 0 aliphatic heterocycles. The first-order valence-electron chi connectivity index (χ1n) is 10.3. The van der Waals surface area contributed by atoms with Gasteiger partial charge in [0.25, 0.3) is 5.91 Å². The SMILES string of the molecule is CCCCCCOc1ccc(NC(=S)NC(=O)c2ccc(OCCOC)c(Br)c2)cc1. The molecule has 0 saturated heterocycles. The fourth-order valence-electron chi connectivity index (χ4n) is 2.69. The summed E-state index contributed by atoms with van der Waals surface area (Å²) in [5.41, 5.74) is 1.23. The third-order valence-electron chi connectivity index (χ3n) is 4.34. The van der Waals surface area contributed by atoms with Crippen LogP contribution in [0.2, 0.25) is 0 Å². The van der Waals surface area contributed by atoms with E-state index in [1.54, 1.807) is 25.3 Å². The molecule has 0 spiro atoms. The molecule has 2 aromatic carbocycles. The monoisotopic (exact) mass is 508 g/mol. The smallest absolute Gasteiger partial charge is 0.257 e. The first kappa shape index (κ1) is 25.1. The Bertz CT molecular complexity index is 846. The van der Waals surface area contributed by atoms with Crippen molar-refractivity contribution in [1.29, 1.82) is 0 Å². The topological polar surface area (TPSA) is 68.8 Å². The van der Waals surface area contributed by atoms with Crippen LogP contribution in [0.25, 0.3) is 0 Å². The number of amides is 1. The molecule has 0 saturated carbocycles. The number of methoxy groups -OCH3 is 1. The lowest BCUT2D eigenvalue weighted by molar-refractivity contribution is 0.0977. The maximum atomic E-state index is 12.5. The molecule has 0 aliphatic rings. The normalized spacial score (nSPS) is 10.4. The van der Waals surface area contributed by atoms with Crippen molar-refractivity contribution in [2.45, 2.75) is 32.6 Å². The molecule has 31 heavy (non-hydrogen) atoms. The fourth-order valence-corrected chi connectivity index (χ4v) is 3.39. The van der Waals surface area contributed by atoms with E-state index in [2.05, 4.69) is 33.5 Å². The van der Waals surface area contributed by atoms with Crippen molar-refractivity contribution in [1.82, 2.24) is 5.32 Å². The first-order chi connectivity index (χ1) is 15.0. The second kappa shape index (κ2) is 14.0. The van der Waals surface area contributed by atoms with E-state index in [-0.39, 0.29) is 11.0 Å². The Morgan fingerprint density at radius 2 is 1.77 bits per heavy atom. The van der Waals surface area contributed by atoms with E-state index in [9.17, 15) is 4.79 Å². The third-order valence-corrected chi connectivity index (χ3v) is 5.17. The number of anilines is 1. The van der Waals surface area contributed by atoms with E-state index in [4.69, 9.17) is 26.4 Å². The summed E-state index contributed by atoms with van der Waals surface area (Å²) < 4.78 is 16.9. The highest BCUT2D eigenvalue weighted by atomic mass is 79.9. The minimum atomic E-state index is -0.311. The second-order valence-electron chi connectivity index (χ2n) is 6.83. The van der Waals surface area contributed by atoms with Crippen LogP contribution in [0.3, 0.4) is 0 Å². The highest BCUT2D eigenvalue weighted by molar-refractivity contribution is 9.10. The average Bonchev–Trinajstić information content (AvgIpc) is 2.76. The van der Waals surface area contributed by atoms with Gasteiger partial charge in [-0.1, -0.05) is 26.2 Å². The van der Waals surface area contributed by atoms with Gasteiger partial charge in [-0.15, -0.1) is 0 Å². The average molecular weight is 509 g/mol. The quantitative estimate of drug-likeness (QED) is 0.289. The third kappa shape index (κ3) is 9.25. The van der Waals surface area contributed by atoms with Gasteiger partial charge in [0.15, 0.2) is 5.11 Å². The van der Waals surface area contributed by atoms with Gasteiger partial charge in [-0.2, -0.15) is 0 Å². The fraction of sp³-hybridized carbons (Fsp3) is 0.391. The van der Waals surface area contributed by atoms with Crippen molar-refractivity contribution in [2.75, 3.05) is 32.2 Å². The van der Waals surface area contributed by atoms with Gasteiger partial charge in [-0.25, -0.2) is 0 Å². The summed E-state index contributed by atoms with van der Waals surface area (Å²) in [6.45, 7) is 3.82. The Hall–Kier alpha value is -2.16. The molecule has 2 rings (SSSR count). The summed E-state index contributed by atoms with van der Waals surface area (Å²) in [7, 11) is 1.61. The van der Waals surface area contributed by atoms with E-state index in [0.29, 0.717) is 35.6 Å². The van der Waals surface area contributed by atoms with E-state index in [1.807, 2.05) is 24.3 Å². The summed E-state index contributed by atoms with van der Waals surface area (Å²) in [5, 5.41) is 5.91. The number of ether oxygens (including phenoxy) is 3. The molecule has 2 N–H and O–H groups in total. The van der Waals surface area contributed by atoms with Gasteiger partial charge in [-0.05, 0) is 77.0 Å². The Kier molecular flexibility index (Phi) is 11.3. The maximum Gasteiger partial charge on any atom is 0.257 e. The zero-order chi connectivity index (χ0) is 22.5. The van der Waals surface area contributed by atoms with Crippen molar-refractivity contribution in [3.63, 3.8) is 0 Å². The zero-order valence-electron chi connectivity index (χ0n) is 17.9. The molecule has 0 bridgehead atoms. The van der Waals surface area contributed by atoms with E-state index in [1.165, 1.54) is 19.3 Å². The van der Waals surface area contributed by atoms with Gasteiger partial charge in [0, 0.05) is 18.4 Å². The molecule has 0 aliphatic carbocycles. The molecule has 1 amide bonds. The number of rotatable bonds is 12. The van der Waals surface area contributed by atoms with E-state index >= 15 is 0 Å². The van der Waals surface area contributed by atoms with Crippen LogP contribution in [0.5, 0.6) is 11.5 Å². The van der Waals surface area contributed by atoms with Crippen molar-refractivity contribution in [3.8, 4) is 11.5 Å². The van der Waals surface area contributed by atoms with Crippen molar-refractivity contribution in [3.05, 3.63) is 52.5 Å². The Morgan fingerprint density at radius 1 is 1.00 bits per heavy atom. The number of hydrogen-bond acceptors (Lipinski definition) is 5. The Morgan fingerprint density at radius 3 is 2.45 bits per heavy atom. The summed E-state index contributed by atoms with van der Waals surface area (Å²) in [4.78, 5) is 12.5. The number of unbranched alkanes of at least 4 members (excludes halogenated alkanes) is 3. The van der Waals surface area contributed by atoms with E-state index < -0.39 is 0 Å². The van der Waals surface area contributed by atoms with Crippen LogP contribution in [0.1, 0.15) is 43.0 Å². The van der Waals surface area contributed by atoms with Crippen LogP contribution >= 0.6 is 28.1 Å². The minimum Gasteiger partial charge on any atom is -0.494 e. The number of carbonyl (C=O) groups excluding carboxylic acids is 1. The summed E-state index contributed by atoms with van der Waals surface area (Å²) in [6, 6.07) is 12.6. The van der Waals surface area contributed by atoms with Crippen LogP contribution in [-0.2, 0) is 4.74 Å².